The summed E-state index contributed by atoms with van der Waals surface area (Å²) in [5.41, 5.74) is 0. The highest BCUT2D eigenvalue weighted by atomic mass is 31.2. The Bertz CT molecular complexity index is 83.3. The number of rotatable bonds is 2. The van der Waals surface area contributed by atoms with Crippen LogP contribution in [0.3, 0.4) is 0 Å². The molecule has 1 saturated heterocycles. The third-order valence-corrected chi connectivity index (χ3v) is 1.62. The van der Waals surface area contributed by atoms with Crippen molar-refractivity contribution in [3.8, 4) is 0 Å². The molecular weight excluding hydrogens is 174 g/mol. The molecule has 0 aromatic rings. The molecule has 1 rings (SSSR count). The van der Waals surface area contributed by atoms with E-state index in [-0.39, 0.29) is 16.0 Å². The van der Waals surface area contributed by atoms with Crippen LogP contribution in [0.15, 0.2) is 0 Å². The summed E-state index contributed by atoms with van der Waals surface area (Å²) in [7, 11) is -2.19. The van der Waals surface area contributed by atoms with Crippen molar-refractivity contribution in [2.24, 2.45) is 0 Å². The fourth-order valence-corrected chi connectivity index (χ4v) is 1.16. The molecule has 1 heterocycles. The molecule has 0 aromatic heterocycles. The van der Waals surface area contributed by atoms with Crippen LogP contribution < -0.4 is 0 Å². The summed E-state index contributed by atoms with van der Waals surface area (Å²) in [6.07, 6.45) is 0.658. The number of hydrogen-bond acceptors (Lipinski definition) is 4. The Morgan fingerprint density at radius 3 is 2.60 bits per heavy atom. The van der Waals surface area contributed by atoms with Crippen molar-refractivity contribution in [1.82, 2.24) is 0 Å². The van der Waals surface area contributed by atoms with Crippen LogP contribution in [0.5, 0.6) is 0 Å². The predicted octanol–water partition coefficient (Wildman–Crippen LogP) is 0.0615. The highest BCUT2D eigenvalue weighted by Gasteiger charge is 2.18. The smallest absolute Gasteiger partial charge is 0.327 e. The maximum Gasteiger partial charge on any atom is 0.327 e. The van der Waals surface area contributed by atoms with Crippen molar-refractivity contribution in [3.05, 3.63) is 0 Å². The largest absolute Gasteiger partial charge is 0.379 e. The van der Waals surface area contributed by atoms with E-state index in [0.717, 1.165) is 6.42 Å². The van der Waals surface area contributed by atoms with Gasteiger partial charge in [0, 0.05) is 6.61 Å². The van der Waals surface area contributed by atoms with Gasteiger partial charge in [0.2, 0.25) is 0 Å². The normalized spacial score (nSPS) is 24.9. The summed E-state index contributed by atoms with van der Waals surface area (Å²) in [6.45, 7) is 1.15. The number of ether oxygens (including phenoxy) is 1. The second-order valence-corrected chi connectivity index (χ2v) is 2.56. The van der Waals surface area contributed by atoms with Gasteiger partial charge in [0.15, 0.2) is 0 Å². The molecule has 1 aliphatic rings. The average Bonchev–Trinajstić information content (AvgIpc) is 2.15. The molecule has 6 heteroatoms. The van der Waals surface area contributed by atoms with E-state index < -0.39 is 8.60 Å². The highest BCUT2D eigenvalue weighted by molar-refractivity contribution is 7.39. The van der Waals surface area contributed by atoms with Gasteiger partial charge in [-0.2, -0.15) is 9.90 Å². The first-order valence-corrected chi connectivity index (χ1v) is 3.88. The van der Waals surface area contributed by atoms with Crippen LogP contribution in [0, 0.1) is 0 Å². The molecule has 0 aromatic carbocycles. The monoisotopic (exact) mass is 186 g/mol. The van der Waals surface area contributed by atoms with Gasteiger partial charge in [-0.3, -0.25) is 0 Å². The molecule has 62 valence electrons. The zero-order valence-corrected chi connectivity index (χ0v) is 7.87. The van der Waals surface area contributed by atoms with Crippen molar-refractivity contribution in [2.75, 3.05) is 13.2 Å². The lowest BCUT2D eigenvalue weighted by atomic mass is 10.3. The lowest BCUT2D eigenvalue weighted by molar-refractivity contribution is 0.129. The van der Waals surface area contributed by atoms with Gasteiger partial charge < -0.3 is 19.0 Å². The maximum atomic E-state index is 8.36. The Morgan fingerprint density at radius 2 is 2.20 bits per heavy atom. The lowest BCUT2D eigenvalue weighted by Crippen LogP contribution is -2.08. The van der Waals surface area contributed by atoms with Gasteiger partial charge in [-0.05, 0) is 6.42 Å². The van der Waals surface area contributed by atoms with E-state index in [1.54, 1.807) is 0 Å². The Labute approximate surface area is 64.2 Å². The summed E-state index contributed by atoms with van der Waals surface area (Å²) >= 11 is 0. The molecule has 0 amide bonds. The summed E-state index contributed by atoms with van der Waals surface area (Å²) in [4.78, 5) is 16.7. The minimum atomic E-state index is -2.19. The minimum absolute atomic E-state index is 0. The zero-order chi connectivity index (χ0) is 6.69. The van der Waals surface area contributed by atoms with Gasteiger partial charge in [-0.25, -0.2) is 0 Å². The van der Waals surface area contributed by atoms with E-state index in [4.69, 9.17) is 14.5 Å². The molecule has 4 nitrogen and oxygen atoms in total. The Morgan fingerprint density at radius 1 is 1.50 bits per heavy atom. The van der Waals surface area contributed by atoms with E-state index in [1.165, 1.54) is 0 Å². The van der Waals surface area contributed by atoms with Crippen LogP contribution in [0.2, 0.25) is 0 Å². The Kier molecular flexibility index (Phi) is 5.74. The lowest BCUT2D eigenvalue weighted by Gasteiger charge is -2.07. The van der Waals surface area contributed by atoms with Gasteiger partial charge in [0.05, 0.1) is 12.7 Å². The quantitative estimate of drug-likeness (QED) is 0.599. The molecule has 2 atom stereocenters. The SMILES string of the molecule is OP(O)OC1CCOC1.P. The predicted molar refractivity (Wildman–Crippen MR) is 42.8 cm³/mol. The van der Waals surface area contributed by atoms with Gasteiger partial charge in [-0.15, -0.1) is 0 Å². The molecule has 0 radical (unpaired) electrons. The third kappa shape index (κ3) is 3.77. The van der Waals surface area contributed by atoms with Crippen LogP contribution in [0.25, 0.3) is 0 Å². The summed E-state index contributed by atoms with van der Waals surface area (Å²) in [6, 6.07) is 0. The first kappa shape index (κ1) is 10.7. The zero-order valence-electron chi connectivity index (χ0n) is 5.56. The van der Waals surface area contributed by atoms with Crippen molar-refractivity contribution in [1.29, 1.82) is 0 Å². The molecule has 1 fully saturated rings. The van der Waals surface area contributed by atoms with E-state index >= 15 is 0 Å². The minimum Gasteiger partial charge on any atom is -0.379 e. The van der Waals surface area contributed by atoms with Crippen LogP contribution in [0.4, 0.5) is 0 Å². The Hall–Kier alpha value is 0.700. The molecule has 0 saturated carbocycles. The second kappa shape index (κ2) is 5.36. The van der Waals surface area contributed by atoms with Crippen molar-refractivity contribution in [2.45, 2.75) is 12.5 Å². The maximum absolute atomic E-state index is 8.36. The average molecular weight is 186 g/mol. The molecule has 0 spiro atoms. The number of hydrogen-bond donors (Lipinski definition) is 2. The topological polar surface area (TPSA) is 58.9 Å². The van der Waals surface area contributed by atoms with E-state index in [1.807, 2.05) is 0 Å². The van der Waals surface area contributed by atoms with E-state index in [0.29, 0.717) is 13.2 Å². The molecule has 2 N–H and O–H groups in total. The standard InChI is InChI=1S/C4H9O4P.H3P/c5-9(6)8-4-1-2-7-3-4;/h4-6H,1-3H2;1H3. The van der Waals surface area contributed by atoms with Crippen molar-refractivity contribution >= 4 is 18.5 Å². The molecule has 1 aliphatic heterocycles. The first-order chi connectivity index (χ1) is 4.29. The van der Waals surface area contributed by atoms with Gasteiger partial charge in [0.25, 0.3) is 0 Å². The van der Waals surface area contributed by atoms with E-state index in [2.05, 4.69) is 4.52 Å². The highest BCUT2D eigenvalue weighted by Crippen LogP contribution is 2.29. The fraction of sp³-hybridized carbons (Fsp3) is 1.00. The van der Waals surface area contributed by atoms with Crippen molar-refractivity contribution < 1.29 is 19.0 Å². The van der Waals surface area contributed by atoms with Crippen molar-refractivity contribution in [3.63, 3.8) is 0 Å². The van der Waals surface area contributed by atoms with E-state index in [9.17, 15) is 0 Å². The van der Waals surface area contributed by atoms with Gasteiger partial charge >= 0.3 is 8.60 Å². The van der Waals surface area contributed by atoms with Crippen LogP contribution in [-0.4, -0.2) is 29.1 Å². The van der Waals surface area contributed by atoms with Crippen LogP contribution >= 0.6 is 18.5 Å². The molecule has 2 unspecified atom stereocenters. The van der Waals surface area contributed by atoms with Gasteiger partial charge in [-0.1, -0.05) is 0 Å². The van der Waals surface area contributed by atoms with Crippen LogP contribution in [0.1, 0.15) is 6.42 Å². The second-order valence-electron chi connectivity index (χ2n) is 1.84. The third-order valence-electron chi connectivity index (χ3n) is 1.13. The molecular formula is C4H12O4P2. The summed E-state index contributed by atoms with van der Waals surface area (Å²) in [5, 5.41) is 0. The first-order valence-electron chi connectivity index (χ1n) is 2.71. The fourth-order valence-electron chi connectivity index (χ4n) is 0.729. The summed E-state index contributed by atoms with van der Waals surface area (Å²) in [5.74, 6) is 0. The molecule has 0 aliphatic carbocycles. The Balaban J connectivity index is 0.000000810. The van der Waals surface area contributed by atoms with Crippen LogP contribution in [-0.2, 0) is 9.26 Å². The molecule has 0 bridgehead atoms. The van der Waals surface area contributed by atoms with Gasteiger partial charge in [0.1, 0.15) is 0 Å². The summed E-state index contributed by atoms with van der Waals surface area (Å²) < 4.78 is 9.58. The molecule has 10 heavy (non-hydrogen) atoms.